The number of hydrogen-bond donors (Lipinski definition) is 0. The second-order valence-electron chi connectivity index (χ2n) is 5.69. The molecule has 0 spiro atoms. The van der Waals surface area contributed by atoms with Crippen LogP contribution in [-0.4, -0.2) is 41.5 Å². The maximum atomic E-state index is 11.3. The van der Waals surface area contributed by atoms with Crippen molar-refractivity contribution in [1.82, 2.24) is 0 Å². The molecule has 8 heteroatoms. The molecule has 7 nitrogen and oxygen atoms in total. The standard InChI is InChI=1S/C18H34O7S/c1-3-5-6-7-8-9-10-11-12-13-14-23-25-26(19,20)24-18-17-22-16-15-21-4-2/h3-12,15-18H2,1-2H3. The minimum atomic E-state index is -4.23. The highest BCUT2D eigenvalue weighted by atomic mass is 32.3. The van der Waals surface area contributed by atoms with E-state index in [1.807, 2.05) is 6.92 Å². The van der Waals surface area contributed by atoms with Gasteiger partial charge in [0.2, 0.25) is 0 Å². The maximum Gasteiger partial charge on any atom is 0.436 e. The van der Waals surface area contributed by atoms with Crippen LogP contribution in [0.2, 0.25) is 0 Å². The SMILES string of the molecule is CCCCCCCCCCC#COOS(=O)(=O)OCCOCCOCC. The van der Waals surface area contributed by atoms with Crippen molar-refractivity contribution in [1.29, 1.82) is 0 Å². The lowest BCUT2D eigenvalue weighted by Crippen LogP contribution is -2.15. The second kappa shape index (κ2) is 18.9. The molecular formula is C18H34O7S. The van der Waals surface area contributed by atoms with E-state index in [0.717, 1.165) is 12.8 Å². The van der Waals surface area contributed by atoms with Gasteiger partial charge in [-0.05, 0) is 17.7 Å². The van der Waals surface area contributed by atoms with Crippen molar-refractivity contribution < 1.29 is 31.3 Å². The average molecular weight is 395 g/mol. The molecule has 0 fully saturated rings. The molecule has 0 aromatic carbocycles. The zero-order chi connectivity index (χ0) is 19.3. The van der Waals surface area contributed by atoms with Crippen LogP contribution in [0.3, 0.4) is 0 Å². The van der Waals surface area contributed by atoms with Gasteiger partial charge in [0.1, 0.15) is 0 Å². The Morgan fingerprint density at radius 1 is 0.769 bits per heavy atom. The highest BCUT2D eigenvalue weighted by molar-refractivity contribution is 7.81. The summed E-state index contributed by atoms with van der Waals surface area (Å²) in [6, 6.07) is 0. The van der Waals surface area contributed by atoms with Crippen molar-refractivity contribution in [3.63, 3.8) is 0 Å². The van der Waals surface area contributed by atoms with Gasteiger partial charge in [-0.2, -0.15) is 8.42 Å². The third-order valence-corrected chi connectivity index (χ3v) is 4.11. The van der Waals surface area contributed by atoms with Crippen molar-refractivity contribution in [2.24, 2.45) is 0 Å². The molecule has 0 rings (SSSR count). The molecule has 26 heavy (non-hydrogen) atoms. The fourth-order valence-electron chi connectivity index (χ4n) is 2.07. The van der Waals surface area contributed by atoms with Gasteiger partial charge < -0.3 is 9.47 Å². The van der Waals surface area contributed by atoms with E-state index in [2.05, 4.69) is 32.4 Å². The Hall–Kier alpha value is -0.850. The molecular weight excluding hydrogens is 360 g/mol. The van der Waals surface area contributed by atoms with E-state index in [0.29, 0.717) is 26.2 Å². The Kier molecular flexibility index (Phi) is 18.3. The van der Waals surface area contributed by atoms with E-state index in [9.17, 15) is 8.42 Å². The van der Waals surface area contributed by atoms with Crippen LogP contribution in [0, 0.1) is 12.0 Å². The Balaban J connectivity index is 3.48. The molecule has 0 aliphatic carbocycles. The van der Waals surface area contributed by atoms with E-state index >= 15 is 0 Å². The summed E-state index contributed by atoms with van der Waals surface area (Å²) in [7, 11) is -4.23. The van der Waals surface area contributed by atoms with Crippen molar-refractivity contribution in [2.45, 2.75) is 71.6 Å². The van der Waals surface area contributed by atoms with Crippen LogP contribution in [0.25, 0.3) is 0 Å². The smallest absolute Gasteiger partial charge is 0.379 e. The first-order chi connectivity index (χ1) is 12.6. The summed E-state index contributed by atoms with van der Waals surface area (Å²) in [5.41, 5.74) is 0. The summed E-state index contributed by atoms with van der Waals surface area (Å²) in [6.07, 6.45) is 12.6. The van der Waals surface area contributed by atoms with Crippen LogP contribution in [0.1, 0.15) is 71.6 Å². The van der Waals surface area contributed by atoms with Crippen LogP contribution in [0.4, 0.5) is 0 Å². The maximum absolute atomic E-state index is 11.3. The minimum Gasteiger partial charge on any atom is -0.379 e. The lowest BCUT2D eigenvalue weighted by molar-refractivity contribution is -0.139. The predicted molar refractivity (Wildman–Crippen MR) is 99.4 cm³/mol. The van der Waals surface area contributed by atoms with Crippen molar-refractivity contribution >= 4 is 10.4 Å². The fourth-order valence-corrected chi connectivity index (χ4v) is 2.49. The molecule has 0 bridgehead atoms. The van der Waals surface area contributed by atoms with Gasteiger partial charge in [0.05, 0.1) is 26.4 Å². The van der Waals surface area contributed by atoms with Gasteiger partial charge >= 0.3 is 10.4 Å². The summed E-state index contributed by atoms with van der Waals surface area (Å²) in [5.74, 6) is 2.71. The van der Waals surface area contributed by atoms with Crippen LogP contribution in [-0.2, 0) is 33.3 Å². The van der Waals surface area contributed by atoms with Gasteiger partial charge in [0.15, 0.2) is 6.11 Å². The first-order valence-corrected chi connectivity index (χ1v) is 10.8. The van der Waals surface area contributed by atoms with Crippen LogP contribution in [0.15, 0.2) is 0 Å². The summed E-state index contributed by atoms with van der Waals surface area (Å²) < 4.78 is 41.5. The third-order valence-electron chi connectivity index (χ3n) is 3.42. The summed E-state index contributed by atoms with van der Waals surface area (Å²) in [5, 5.41) is 0. The Morgan fingerprint density at radius 2 is 1.38 bits per heavy atom. The highest BCUT2D eigenvalue weighted by Crippen LogP contribution is 2.09. The quantitative estimate of drug-likeness (QED) is 0.152. The van der Waals surface area contributed by atoms with Crippen LogP contribution in [0.5, 0.6) is 0 Å². The lowest BCUT2D eigenvalue weighted by Gasteiger charge is -2.04. The largest absolute Gasteiger partial charge is 0.436 e. The normalized spacial score (nSPS) is 11.2. The zero-order valence-electron chi connectivity index (χ0n) is 16.2. The number of unbranched alkanes of at least 4 members (excludes halogenated alkanes) is 8. The molecule has 0 amide bonds. The first-order valence-electron chi connectivity index (χ1n) is 9.50. The van der Waals surface area contributed by atoms with Gasteiger partial charge in [-0.1, -0.05) is 57.8 Å². The average Bonchev–Trinajstić information content (AvgIpc) is 2.62. The topological polar surface area (TPSA) is 80.3 Å². The number of ether oxygens (including phenoxy) is 2. The zero-order valence-corrected chi connectivity index (χ0v) is 17.0. The highest BCUT2D eigenvalue weighted by Gasteiger charge is 2.13. The first kappa shape index (κ1) is 25.1. The molecule has 0 aromatic heterocycles. The number of hydrogen-bond acceptors (Lipinski definition) is 7. The molecule has 0 N–H and O–H groups in total. The van der Waals surface area contributed by atoms with Crippen molar-refractivity contribution in [3.05, 3.63) is 0 Å². The van der Waals surface area contributed by atoms with Crippen molar-refractivity contribution in [2.75, 3.05) is 33.0 Å². The Bertz CT molecular complexity index is 454. The number of rotatable bonds is 18. The monoisotopic (exact) mass is 394 g/mol. The van der Waals surface area contributed by atoms with Gasteiger partial charge in [-0.15, -0.1) is 0 Å². The van der Waals surface area contributed by atoms with Crippen molar-refractivity contribution in [3.8, 4) is 12.0 Å². The van der Waals surface area contributed by atoms with Gasteiger partial charge in [0, 0.05) is 13.0 Å². The summed E-state index contributed by atoms with van der Waals surface area (Å²) in [4.78, 5) is 4.35. The molecule has 0 atom stereocenters. The van der Waals surface area contributed by atoms with E-state index in [4.69, 9.17) is 9.47 Å². The van der Waals surface area contributed by atoms with Gasteiger partial charge in [0.25, 0.3) is 0 Å². The molecule has 0 saturated heterocycles. The fraction of sp³-hybridized carbons (Fsp3) is 0.889. The van der Waals surface area contributed by atoms with E-state index in [1.165, 1.54) is 38.5 Å². The summed E-state index contributed by atoms with van der Waals surface area (Å²) in [6.45, 7) is 5.48. The molecule has 0 heterocycles. The second-order valence-corrected chi connectivity index (χ2v) is 6.88. The third kappa shape index (κ3) is 19.5. The minimum absolute atomic E-state index is 0.111. The Morgan fingerprint density at radius 3 is 2.08 bits per heavy atom. The van der Waals surface area contributed by atoms with E-state index in [1.54, 1.807) is 0 Å². The molecule has 154 valence electrons. The van der Waals surface area contributed by atoms with Crippen LogP contribution >= 0.6 is 0 Å². The van der Waals surface area contributed by atoms with E-state index in [-0.39, 0.29) is 13.2 Å². The molecule has 0 aromatic rings. The lowest BCUT2D eigenvalue weighted by atomic mass is 10.1. The molecule has 0 unspecified atom stereocenters. The molecule has 0 aliphatic rings. The molecule has 0 aliphatic heterocycles. The van der Waals surface area contributed by atoms with Gasteiger partial charge in [-0.3, -0.25) is 4.89 Å². The molecule has 0 radical (unpaired) electrons. The molecule has 0 saturated carbocycles. The van der Waals surface area contributed by atoms with Gasteiger partial charge in [-0.25, -0.2) is 4.18 Å². The van der Waals surface area contributed by atoms with E-state index < -0.39 is 10.4 Å². The predicted octanol–water partition coefficient (Wildman–Crippen LogP) is 3.74. The Labute approximate surface area is 158 Å². The van der Waals surface area contributed by atoms with Crippen LogP contribution < -0.4 is 0 Å². The summed E-state index contributed by atoms with van der Waals surface area (Å²) >= 11 is 0.